The first-order valence-corrected chi connectivity index (χ1v) is 9.81. The smallest absolute Gasteiger partial charge is 0.305 e. The lowest BCUT2D eigenvalue weighted by Crippen LogP contribution is -2.47. The Morgan fingerprint density at radius 1 is 1.19 bits per heavy atom. The highest BCUT2D eigenvalue weighted by Crippen LogP contribution is 2.21. The van der Waals surface area contributed by atoms with Crippen LogP contribution in [0.15, 0.2) is 24.3 Å². The Balaban J connectivity index is 2.05. The van der Waals surface area contributed by atoms with Crippen molar-refractivity contribution in [2.45, 2.75) is 33.2 Å². The van der Waals surface area contributed by atoms with Crippen molar-refractivity contribution in [3.05, 3.63) is 35.4 Å². The predicted octanol–water partition coefficient (Wildman–Crippen LogP) is 2.49. The molecule has 7 heteroatoms. The average molecular weight is 378 g/mol. The Hall–Kier alpha value is -2.02. The van der Waals surface area contributed by atoms with Crippen LogP contribution in [0, 0.1) is 5.41 Å². The lowest BCUT2D eigenvalue weighted by atomic mass is 9.97. The molecule has 1 aromatic carbocycles. The van der Waals surface area contributed by atoms with Crippen LogP contribution in [0.25, 0.3) is 0 Å². The fourth-order valence-electron chi connectivity index (χ4n) is 2.67. The molecule has 1 aliphatic rings. The number of hydrogen-bond acceptors (Lipinski definition) is 4. The second-order valence-corrected chi connectivity index (χ2v) is 8.80. The van der Waals surface area contributed by atoms with Gasteiger partial charge in [-0.25, -0.2) is 0 Å². The molecule has 0 aromatic heterocycles. The molecule has 6 nitrogen and oxygen atoms in total. The summed E-state index contributed by atoms with van der Waals surface area (Å²) in [6.07, 6.45) is -0.0496. The Morgan fingerprint density at radius 2 is 1.81 bits per heavy atom. The molecule has 0 aliphatic carbocycles. The van der Waals surface area contributed by atoms with Crippen molar-refractivity contribution in [3.63, 3.8) is 0 Å². The summed E-state index contributed by atoms with van der Waals surface area (Å²) >= 11 is 1.66. The zero-order valence-corrected chi connectivity index (χ0v) is 16.3. The molecule has 0 radical (unpaired) electrons. The van der Waals surface area contributed by atoms with E-state index in [9.17, 15) is 14.4 Å². The molecular formula is C19H26N2O4S. The molecule has 26 heavy (non-hydrogen) atoms. The van der Waals surface area contributed by atoms with Crippen LogP contribution in [0.2, 0.25) is 0 Å². The Kier molecular flexibility index (Phi) is 6.69. The molecule has 1 aromatic rings. The summed E-state index contributed by atoms with van der Waals surface area (Å²) < 4.78 is 0. The van der Waals surface area contributed by atoms with Crippen molar-refractivity contribution in [2.24, 2.45) is 5.41 Å². The third-order valence-electron chi connectivity index (χ3n) is 4.07. The molecule has 1 saturated heterocycles. The van der Waals surface area contributed by atoms with E-state index in [0.29, 0.717) is 30.0 Å². The van der Waals surface area contributed by atoms with E-state index in [4.69, 9.17) is 5.11 Å². The first-order chi connectivity index (χ1) is 12.2. The SMILES string of the molecule is CC(C)(C)CNC(=O)c1ccc(C(=O)N2CCSCC2CC(=O)O)cc1. The van der Waals surface area contributed by atoms with Gasteiger partial charge in [-0.1, -0.05) is 20.8 Å². The standard InChI is InChI=1S/C19H26N2O4S/c1-19(2,3)12-20-17(24)13-4-6-14(7-5-13)18(25)21-8-9-26-11-15(21)10-16(22)23/h4-7,15H,8-12H2,1-3H3,(H,20,24)(H,22,23). The highest BCUT2D eigenvalue weighted by molar-refractivity contribution is 7.99. The quantitative estimate of drug-likeness (QED) is 0.822. The number of nitrogens with zero attached hydrogens (tertiary/aromatic N) is 1. The van der Waals surface area contributed by atoms with Gasteiger partial charge >= 0.3 is 5.97 Å². The summed E-state index contributed by atoms with van der Waals surface area (Å²) in [6, 6.07) is 6.24. The van der Waals surface area contributed by atoms with Gasteiger partial charge in [0, 0.05) is 35.7 Å². The normalized spacial score (nSPS) is 17.7. The van der Waals surface area contributed by atoms with Crippen LogP contribution < -0.4 is 5.32 Å². The number of benzene rings is 1. The van der Waals surface area contributed by atoms with Gasteiger partial charge in [0.05, 0.1) is 12.5 Å². The number of carbonyl (C=O) groups is 3. The van der Waals surface area contributed by atoms with Gasteiger partial charge in [-0.15, -0.1) is 0 Å². The summed E-state index contributed by atoms with van der Waals surface area (Å²) in [5.74, 6) is 0.178. The third kappa shape index (κ3) is 5.76. The average Bonchev–Trinajstić information content (AvgIpc) is 2.58. The van der Waals surface area contributed by atoms with Gasteiger partial charge in [0.2, 0.25) is 0 Å². The molecule has 142 valence electrons. The Bertz CT molecular complexity index is 667. The van der Waals surface area contributed by atoms with Crippen molar-refractivity contribution in [1.29, 1.82) is 0 Å². The number of hydrogen-bond donors (Lipinski definition) is 2. The number of carboxylic acid groups (broad SMARTS) is 1. The Morgan fingerprint density at radius 3 is 2.38 bits per heavy atom. The second-order valence-electron chi connectivity index (χ2n) is 7.65. The predicted molar refractivity (Wildman–Crippen MR) is 103 cm³/mol. The van der Waals surface area contributed by atoms with Gasteiger partial charge in [-0.05, 0) is 29.7 Å². The maximum atomic E-state index is 12.8. The van der Waals surface area contributed by atoms with Crippen LogP contribution >= 0.6 is 11.8 Å². The molecule has 0 spiro atoms. The molecule has 1 unspecified atom stereocenters. The highest BCUT2D eigenvalue weighted by atomic mass is 32.2. The lowest BCUT2D eigenvalue weighted by molar-refractivity contribution is -0.138. The van der Waals surface area contributed by atoms with E-state index in [-0.39, 0.29) is 29.7 Å². The first-order valence-electron chi connectivity index (χ1n) is 8.66. The summed E-state index contributed by atoms with van der Waals surface area (Å²) in [5.41, 5.74) is 0.971. The summed E-state index contributed by atoms with van der Waals surface area (Å²) in [7, 11) is 0. The Labute approximate surface area is 158 Å². The number of aliphatic carboxylic acids is 1. The van der Waals surface area contributed by atoms with Crippen molar-refractivity contribution < 1.29 is 19.5 Å². The summed E-state index contributed by atoms with van der Waals surface area (Å²) in [4.78, 5) is 37.6. The van der Waals surface area contributed by atoms with Gasteiger partial charge < -0.3 is 15.3 Å². The van der Waals surface area contributed by atoms with E-state index in [1.807, 2.05) is 20.8 Å². The fraction of sp³-hybridized carbons (Fsp3) is 0.526. The number of rotatable bonds is 5. The molecule has 1 atom stereocenters. The van der Waals surface area contributed by atoms with E-state index in [1.54, 1.807) is 40.9 Å². The van der Waals surface area contributed by atoms with Gasteiger partial charge in [0.25, 0.3) is 11.8 Å². The van der Waals surface area contributed by atoms with E-state index >= 15 is 0 Å². The van der Waals surface area contributed by atoms with Crippen LogP contribution in [0.3, 0.4) is 0 Å². The molecule has 1 fully saturated rings. The minimum absolute atomic E-state index is 0.00298. The van der Waals surface area contributed by atoms with Crippen LogP contribution in [0.1, 0.15) is 47.9 Å². The van der Waals surface area contributed by atoms with Gasteiger partial charge in [-0.2, -0.15) is 11.8 Å². The van der Waals surface area contributed by atoms with E-state index in [1.165, 1.54) is 0 Å². The van der Waals surface area contributed by atoms with Crippen LogP contribution in [-0.2, 0) is 4.79 Å². The van der Waals surface area contributed by atoms with E-state index in [0.717, 1.165) is 5.75 Å². The topological polar surface area (TPSA) is 86.7 Å². The minimum atomic E-state index is -0.902. The van der Waals surface area contributed by atoms with Crippen LogP contribution in [0.4, 0.5) is 0 Å². The molecule has 2 N–H and O–H groups in total. The highest BCUT2D eigenvalue weighted by Gasteiger charge is 2.29. The molecule has 1 aliphatic heterocycles. The molecule has 0 bridgehead atoms. The van der Waals surface area contributed by atoms with Crippen LogP contribution in [-0.4, -0.2) is 58.4 Å². The van der Waals surface area contributed by atoms with Crippen LogP contribution in [0.5, 0.6) is 0 Å². The van der Waals surface area contributed by atoms with Crippen molar-refractivity contribution in [3.8, 4) is 0 Å². The monoisotopic (exact) mass is 378 g/mol. The third-order valence-corrected chi connectivity index (χ3v) is 5.16. The molecule has 2 rings (SSSR count). The zero-order chi connectivity index (χ0) is 19.3. The number of carboxylic acids is 1. The summed E-state index contributed by atoms with van der Waals surface area (Å²) in [6.45, 7) is 7.22. The molecule has 1 heterocycles. The number of thioether (sulfide) groups is 1. The minimum Gasteiger partial charge on any atom is -0.481 e. The van der Waals surface area contributed by atoms with Crippen molar-refractivity contribution >= 4 is 29.5 Å². The van der Waals surface area contributed by atoms with E-state index < -0.39 is 5.97 Å². The molecule has 2 amide bonds. The number of carbonyl (C=O) groups excluding carboxylic acids is 2. The van der Waals surface area contributed by atoms with Gasteiger partial charge in [0.1, 0.15) is 0 Å². The largest absolute Gasteiger partial charge is 0.481 e. The van der Waals surface area contributed by atoms with Gasteiger partial charge in [0.15, 0.2) is 0 Å². The lowest BCUT2D eigenvalue weighted by Gasteiger charge is -2.34. The maximum Gasteiger partial charge on any atom is 0.305 e. The zero-order valence-electron chi connectivity index (χ0n) is 15.4. The first kappa shape index (κ1) is 20.3. The molecule has 0 saturated carbocycles. The van der Waals surface area contributed by atoms with Gasteiger partial charge in [-0.3, -0.25) is 14.4 Å². The molecular weight excluding hydrogens is 352 g/mol. The second kappa shape index (κ2) is 8.58. The van der Waals surface area contributed by atoms with E-state index in [2.05, 4.69) is 5.32 Å². The number of nitrogens with one attached hydrogen (secondary N) is 1. The number of amides is 2. The summed E-state index contributed by atoms with van der Waals surface area (Å²) in [5, 5.41) is 11.9. The maximum absolute atomic E-state index is 12.8. The van der Waals surface area contributed by atoms with Crippen molar-refractivity contribution in [1.82, 2.24) is 10.2 Å². The van der Waals surface area contributed by atoms with Crippen molar-refractivity contribution in [2.75, 3.05) is 24.6 Å². The fourth-order valence-corrected chi connectivity index (χ4v) is 3.73.